The summed E-state index contributed by atoms with van der Waals surface area (Å²) in [5.41, 5.74) is 2.88. The molecule has 1 aromatic carbocycles. The molecule has 0 aliphatic rings. The molecule has 108 valence electrons. The average molecular weight is 414 g/mol. The van der Waals surface area contributed by atoms with Crippen LogP contribution in [0.5, 0.6) is 0 Å². The topological polar surface area (TPSA) is 68.3 Å². The highest BCUT2D eigenvalue weighted by molar-refractivity contribution is 14.1. The van der Waals surface area contributed by atoms with E-state index >= 15 is 0 Å². The van der Waals surface area contributed by atoms with Crippen LogP contribution in [0.4, 0.5) is 0 Å². The van der Waals surface area contributed by atoms with Crippen molar-refractivity contribution in [1.29, 1.82) is 0 Å². The molecule has 0 spiro atoms. The molecule has 0 aliphatic carbocycles. The number of hydrogen-bond acceptors (Lipinski definition) is 4. The van der Waals surface area contributed by atoms with Crippen LogP contribution in [0.2, 0.25) is 0 Å². The molecule has 0 atom stereocenters. The first-order valence-electron chi connectivity index (χ1n) is 6.15. The van der Waals surface area contributed by atoms with Crippen LogP contribution in [0.1, 0.15) is 5.56 Å². The van der Waals surface area contributed by atoms with Crippen molar-refractivity contribution in [3.63, 3.8) is 0 Å². The van der Waals surface area contributed by atoms with Gasteiger partial charge in [-0.3, -0.25) is 4.79 Å². The Morgan fingerprint density at radius 1 is 1.43 bits per heavy atom. The molecule has 2 heterocycles. The number of carboxylic acids is 1. The summed E-state index contributed by atoms with van der Waals surface area (Å²) in [6, 6.07) is 7.91. The lowest BCUT2D eigenvalue weighted by atomic mass is 10.3. The number of furan rings is 1. The van der Waals surface area contributed by atoms with E-state index in [-0.39, 0.29) is 5.75 Å². The number of aliphatic carboxylic acids is 1. The van der Waals surface area contributed by atoms with Crippen molar-refractivity contribution in [2.45, 2.75) is 11.7 Å². The summed E-state index contributed by atoms with van der Waals surface area (Å²) < 4.78 is 8.21. The minimum Gasteiger partial charge on any atom is -0.481 e. The maximum Gasteiger partial charge on any atom is 0.313 e. The van der Waals surface area contributed by atoms with Gasteiger partial charge in [0.15, 0.2) is 5.16 Å². The predicted octanol–water partition coefficient (Wildman–Crippen LogP) is 3.46. The van der Waals surface area contributed by atoms with E-state index in [9.17, 15) is 4.79 Å². The van der Waals surface area contributed by atoms with Gasteiger partial charge < -0.3 is 14.1 Å². The molecule has 0 bridgehead atoms. The number of carboxylic acid groups (broad SMARTS) is 1. The third-order valence-corrected chi connectivity index (χ3v) is 4.55. The Balaban J connectivity index is 2.03. The van der Waals surface area contributed by atoms with Crippen molar-refractivity contribution in [2.75, 3.05) is 5.75 Å². The molecule has 0 saturated carbocycles. The number of halogens is 1. The molecular formula is C14H11IN2O3S. The van der Waals surface area contributed by atoms with Crippen molar-refractivity contribution in [2.24, 2.45) is 0 Å². The number of hydrogen-bond donors (Lipinski definition) is 1. The molecule has 5 nitrogen and oxygen atoms in total. The van der Waals surface area contributed by atoms with Crippen LogP contribution >= 0.6 is 34.4 Å². The maximum absolute atomic E-state index is 10.8. The Bertz CT molecular complexity index is 783. The number of aromatic nitrogens is 2. The van der Waals surface area contributed by atoms with Gasteiger partial charge in [-0.05, 0) is 46.9 Å². The fraction of sp³-hybridized carbons (Fsp3) is 0.143. The molecule has 3 rings (SSSR count). The molecule has 0 amide bonds. The van der Waals surface area contributed by atoms with Crippen molar-refractivity contribution < 1.29 is 14.3 Å². The average Bonchev–Trinajstić information content (AvgIpc) is 3.05. The van der Waals surface area contributed by atoms with Crippen molar-refractivity contribution >= 4 is 51.4 Å². The smallest absolute Gasteiger partial charge is 0.313 e. The molecular weight excluding hydrogens is 403 g/mol. The van der Waals surface area contributed by atoms with E-state index in [2.05, 4.69) is 27.6 Å². The van der Waals surface area contributed by atoms with Gasteiger partial charge in [-0.2, -0.15) is 0 Å². The standard InChI is InChI=1S/C14H11IN2O3S/c15-10-1-2-12-11(5-10)16-14(21-8-13(18)19)17(12)6-9-3-4-20-7-9/h1-5,7H,6,8H2,(H,18,19). The summed E-state index contributed by atoms with van der Waals surface area (Å²) >= 11 is 3.47. The highest BCUT2D eigenvalue weighted by Crippen LogP contribution is 2.26. The summed E-state index contributed by atoms with van der Waals surface area (Å²) in [6.07, 6.45) is 3.31. The highest BCUT2D eigenvalue weighted by Gasteiger charge is 2.13. The van der Waals surface area contributed by atoms with E-state index in [0.29, 0.717) is 11.7 Å². The molecule has 0 radical (unpaired) electrons. The normalized spacial score (nSPS) is 11.1. The van der Waals surface area contributed by atoms with Crippen LogP contribution in [0.15, 0.2) is 46.4 Å². The first-order chi connectivity index (χ1) is 10.1. The lowest BCUT2D eigenvalue weighted by Crippen LogP contribution is -2.04. The first-order valence-corrected chi connectivity index (χ1v) is 8.21. The molecule has 7 heteroatoms. The van der Waals surface area contributed by atoms with Crippen LogP contribution in [0.3, 0.4) is 0 Å². The van der Waals surface area contributed by atoms with E-state index in [1.165, 1.54) is 11.8 Å². The van der Waals surface area contributed by atoms with E-state index in [1.807, 2.05) is 28.8 Å². The number of imidazole rings is 1. The van der Waals surface area contributed by atoms with Crippen LogP contribution in [-0.2, 0) is 11.3 Å². The van der Waals surface area contributed by atoms with Gasteiger partial charge in [0.1, 0.15) is 0 Å². The number of thioether (sulfide) groups is 1. The van der Waals surface area contributed by atoms with Crippen molar-refractivity contribution in [3.05, 3.63) is 45.9 Å². The number of rotatable bonds is 5. The molecule has 0 aliphatic heterocycles. The largest absolute Gasteiger partial charge is 0.481 e. The van der Waals surface area contributed by atoms with E-state index in [0.717, 1.165) is 20.2 Å². The van der Waals surface area contributed by atoms with Crippen LogP contribution in [0, 0.1) is 3.57 Å². The molecule has 0 saturated heterocycles. The summed E-state index contributed by atoms with van der Waals surface area (Å²) in [6.45, 7) is 0.607. The third-order valence-electron chi connectivity index (χ3n) is 2.92. The zero-order valence-electron chi connectivity index (χ0n) is 10.8. The maximum atomic E-state index is 10.8. The Kier molecular flexibility index (Phi) is 4.20. The number of carbonyl (C=O) groups is 1. The van der Waals surface area contributed by atoms with Gasteiger partial charge in [0.25, 0.3) is 0 Å². The van der Waals surface area contributed by atoms with E-state index in [1.54, 1.807) is 12.5 Å². The van der Waals surface area contributed by atoms with Gasteiger partial charge in [-0.25, -0.2) is 4.98 Å². The highest BCUT2D eigenvalue weighted by atomic mass is 127. The quantitative estimate of drug-likeness (QED) is 0.512. The molecule has 21 heavy (non-hydrogen) atoms. The fourth-order valence-electron chi connectivity index (χ4n) is 2.04. The van der Waals surface area contributed by atoms with Crippen molar-refractivity contribution in [3.8, 4) is 0 Å². The van der Waals surface area contributed by atoms with E-state index < -0.39 is 5.97 Å². The zero-order valence-corrected chi connectivity index (χ0v) is 13.8. The summed E-state index contributed by atoms with van der Waals surface area (Å²) in [4.78, 5) is 15.3. The van der Waals surface area contributed by atoms with Crippen molar-refractivity contribution in [1.82, 2.24) is 9.55 Å². The zero-order chi connectivity index (χ0) is 14.8. The van der Waals surface area contributed by atoms with Gasteiger partial charge in [0, 0.05) is 9.13 Å². The molecule has 0 fully saturated rings. The molecule has 1 N–H and O–H groups in total. The second-order valence-electron chi connectivity index (χ2n) is 4.43. The lowest BCUT2D eigenvalue weighted by molar-refractivity contribution is -0.133. The monoisotopic (exact) mass is 414 g/mol. The van der Waals surface area contributed by atoms with Gasteiger partial charge in [0.2, 0.25) is 0 Å². The SMILES string of the molecule is O=C(O)CSc1nc2cc(I)ccc2n1Cc1ccoc1. The second-order valence-corrected chi connectivity index (χ2v) is 6.62. The minimum atomic E-state index is -0.850. The first kappa shape index (κ1) is 14.5. The second kappa shape index (κ2) is 6.10. The summed E-state index contributed by atoms with van der Waals surface area (Å²) in [7, 11) is 0. The number of fused-ring (bicyclic) bond motifs is 1. The Morgan fingerprint density at radius 2 is 2.29 bits per heavy atom. The van der Waals surface area contributed by atoms with Gasteiger partial charge in [-0.15, -0.1) is 0 Å². The number of benzene rings is 1. The van der Waals surface area contributed by atoms with Gasteiger partial charge >= 0.3 is 5.97 Å². The molecule has 2 aromatic heterocycles. The van der Waals surface area contributed by atoms with Crippen LogP contribution in [0.25, 0.3) is 11.0 Å². The van der Waals surface area contributed by atoms with Gasteiger partial charge in [-0.1, -0.05) is 11.8 Å². The lowest BCUT2D eigenvalue weighted by Gasteiger charge is -2.06. The fourth-order valence-corrected chi connectivity index (χ4v) is 3.24. The van der Waals surface area contributed by atoms with E-state index in [4.69, 9.17) is 9.52 Å². The predicted molar refractivity (Wildman–Crippen MR) is 88.6 cm³/mol. The van der Waals surface area contributed by atoms with Crippen LogP contribution in [-0.4, -0.2) is 26.4 Å². The Morgan fingerprint density at radius 3 is 3.00 bits per heavy atom. The summed E-state index contributed by atoms with van der Waals surface area (Å²) in [5, 5.41) is 9.57. The minimum absolute atomic E-state index is 0.00813. The summed E-state index contributed by atoms with van der Waals surface area (Å²) in [5.74, 6) is -0.859. The Labute approximate surface area is 138 Å². The Hall–Kier alpha value is -1.48. The molecule has 3 aromatic rings. The number of nitrogens with zero attached hydrogens (tertiary/aromatic N) is 2. The molecule has 0 unspecified atom stereocenters. The van der Waals surface area contributed by atoms with Gasteiger partial charge in [0.05, 0.1) is 35.9 Å². The van der Waals surface area contributed by atoms with Crippen LogP contribution < -0.4 is 0 Å². The third kappa shape index (κ3) is 3.24.